The van der Waals surface area contributed by atoms with Crippen molar-refractivity contribution in [1.82, 2.24) is 4.90 Å². The van der Waals surface area contributed by atoms with Crippen LogP contribution in [-0.4, -0.2) is 47.9 Å². The number of piperidine rings is 1. The zero-order valence-corrected chi connectivity index (χ0v) is 8.06. The van der Waals surface area contributed by atoms with E-state index in [2.05, 4.69) is 6.58 Å². The van der Waals surface area contributed by atoms with Crippen LogP contribution in [0.4, 0.5) is 4.79 Å². The van der Waals surface area contributed by atoms with E-state index in [1.165, 1.54) is 4.90 Å². The number of carbonyl (C=O) groups is 1. The Balaban J connectivity index is 2.46. The van der Waals surface area contributed by atoms with Crippen molar-refractivity contribution in [3.05, 3.63) is 12.7 Å². The van der Waals surface area contributed by atoms with Crippen LogP contribution in [0.2, 0.25) is 0 Å². The molecule has 1 saturated heterocycles. The van der Waals surface area contributed by atoms with Crippen LogP contribution in [0.15, 0.2) is 12.7 Å². The van der Waals surface area contributed by atoms with Gasteiger partial charge in [0.25, 0.3) is 0 Å². The molecule has 1 amide bonds. The number of ether oxygens (including phenoxy) is 1. The van der Waals surface area contributed by atoms with Crippen LogP contribution in [0.5, 0.6) is 0 Å². The summed E-state index contributed by atoms with van der Waals surface area (Å²) in [6.07, 6.45) is 1.16. The quantitative estimate of drug-likeness (QED) is 0.641. The summed E-state index contributed by atoms with van der Waals surface area (Å²) in [4.78, 5) is 12.0. The lowest BCUT2D eigenvalue weighted by Crippen LogP contribution is -2.53. The summed E-state index contributed by atoms with van der Waals surface area (Å²) in [6, 6.07) is -0.0782. The van der Waals surface area contributed by atoms with Crippen LogP contribution in [-0.2, 0) is 4.74 Å². The number of carboxylic acid groups (broad SMARTS) is 1. The molecule has 80 valence electrons. The molecule has 3 N–H and O–H groups in total. The van der Waals surface area contributed by atoms with Crippen LogP contribution < -0.4 is 5.73 Å². The van der Waals surface area contributed by atoms with E-state index in [4.69, 9.17) is 15.6 Å². The third-order valence-electron chi connectivity index (χ3n) is 2.31. The van der Waals surface area contributed by atoms with E-state index >= 15 is 0 Å². The van der Waals surface area contributed by atoms with Crippen molar-refractivity contribution < 1.29 is 14.6 Å². The molecule has 0 spiro atoms. The van der Waals surface area contributed by atoms with Gasteiger partial charge in [-0.25, -0.2) is 4.79 Å². The number of likely N-dealkylation sites (tertiary alicyclic amines) is 1. The monoisotopic (exact) mass is 200 g/mol. The fraction of sp³-hybridized carbons (Fsp3) is 0.667. The van der Waals surface area contributed by atoms with Crippen LogP contribution in [0.25, 0.3) is 0 Å². The molecule has 1 heterocycles. The molecule has 0 saturated carbocycles. The molecule has 1 aliphatic rings. The van der Waals surface area contributed by atoms with E-state index in [-0.39, 0.29) is 12.1 Å². The third-order valence-corrected chi connectivity index (χ3v) is 2.31. The Morgan fingerprint density at radius 2 is 2.50 bits per heavy atom. The summed E-state index contributed by atoms with van der Waals surface area (Å²) in [5, 5.41) is 8.78. The van der Waals surface area contributed by atoms with Gasteiger partial charge in [-0.1, -0.05) is 6.08 Å². The van der Waals surface area contributed by atoms with Gasteiger partial charge in [-0.05, 0) is 6.42 Å². The summed E-state index contributed by atoms with van der Waals surface area (Å²) in [5.74, 6) is 0. The predicted octanol–water partition coefficient (Wildman–Crippen LogP) is 0.269. The molecule has 2 atom stereocenters. The second-order valence-electron chi connectivity index (χ2n) is 3.34. The van der Waals surface area contributed by atoms with Gasteiger partial charge in [0.2, 0.25) is 0 Å². The SMILES string of the molecule is C=CCO[C@H]1CN(C(=O)O)CC[C@H]1N. The molecule has 5 heteroatoms. The van der Waals surface area contributed by atoms with Crippen molar-refractivity contribution in [2.45, 2.75) is 18.6 Å². The number of amides is 1. The van der Waals surface area contributed by atoms with Crippen LogP contribution in [0.1, 0.15) is 6.42 Å². The minimum atomic E-state index is -0.913. The first-order valence-electron chi connectivity index (χ1n) is 4.61. The van der Waals surface area contributed by atoms with Gasteiger partial charge < -0.3 is 20.5 Å². The number of hydrogen-bond acceptors (Lipinski definition) is 3. The highest BCUT2D eigenvalue weighted by Crippen LogP contribution is 2.12. The van der Waals surface area contributed by atoms with Crippen molar-refractivity contribution >= 4 is 6.09 Å². The van der Waals surface area contributed by atoms with Gasteiger partial charge in [-0.2, -0.15) is 0 Å². The highest BCUT2D eigenvalue weighted by molar-refractivity contribution is 5.65. The third kappa shape index (κ3) is 2.71. The summed E-state index contributed by atoms with van der Waals surface area (Å²) in [6.45, 7) is 4.78. The maximum absolute atomic E-state index is 10.7. The van der Waals surface area contributed by atoms with Gasteiger partial charge in [0, 0.05) is 12.6 Å². The fourth-order valence-corrected chi connectivity index (χ4v) is 1.48. The second-order valence-corrected chi connectivity index (χ2v) is 3.34. The first-order chi connectivity index (χ1) is 6.65. The normalized spacial score (nSPS) is 27.4. The number of rotatable bonds is 3. The Kier molecular flexibility index (Phi) is 3.91. The minimum Gasteiger partial charge on any atom is -0.465 e. The van der Waals surface area contributed by atoms with Crippen LogP contribution in [0, 0.1) is 0 Å². The van der Waals surface area contributed by atoms with Crippen molar-refractivity contribution in [3.8, 4) is 0 Å². The first-order valence-corrected chi connectivity index (χ1v) is 4.61. The van der Waals surface area contributed by atoms with Gasteiger partial charge in [0.05, 0.1) is 19.3 Å². The lowest BCUT2D eigenvalue weighted by Gasteiger charge is -2.34. The molecule has 14 heavy (non-hydrogen) atoms. The van der Waals surface area contributed by atoms with Crippen molar-refractivity contribution in [2.75, 3.05) is 19.7 Å². The summed E-state index contributed by atoms with van der Waals surface area (Å²) >= 11 is 0. The Morgan fingerprint density at radius 3 is 3.07 bits per heavy atom. The number of hydrogen-bond donors (Lipinski definition) is 2. The standard InChI is InChI=1S/C9H16N2O3/c1-2-5-14-8-6-11(9(12)13)4-3-7(8)10/h2,7-8H,1,3-6,10H2,(H,12,13)/t7-,8+/m1/s1. The van der Waals surface area contributed by atoms with E-state index in [1.807, 2.05) is 0 Å². The van der Waals surface area contributed by atoms with E-state index in [9.17, 15) is 4.79 Å². The molecule has 0 aromatic carbocycles. The van der Waals surface area contributed by atoms with Gasteiger partial charge >= 0.3 is 6.09 Å². The van der Waals surface area contributed by atoms with Crippen molar-refractivity contribution in [1.29, 1.82) is 0 Å². The zero-order valence-electron chi connectivity index (χ0n) is 8.06. The molecular formula is C9H16N2O3. The fourth-order valence-electron chi connectivity index (χ4n) is 1.48. The zero-order chi connectivity index (χ0) is 10.6. The summed E-state index contributed by atoms with van der Waals surface area (Å²) in [5.41, 5.74) is 5.80. The predicted molar refractivity (Wildman–Crippen MR) is 52.1 cm³/mol. The highest BCUT2D eigenvalue weighted by atomic mass is 16.5. The van der Waals surface area contributed by atoms with Crippen LogP contribution >= 0.6 is 0 Å². The highest BCUT2D eigenvalue weighted by Gasteiger charge is 2.29. The summed E-state index contributed by atoms with van der Waals surface area (Å²) in [7, 11) is 0. The molecule has 5 nitrogen and oxygen atoms in total. The molecule has 0 aromatic rings. The second kappa shape index (κ2) is 4.97. The maximum atomic E-state index is 10.7. The van der Waals surface area contributed by atoms with Crippen molar-refractivity contribution in [2.24, 2.45) is 5.73 Å². The molecular weight excluding hydrogens is 184 g/mol. The molecule has 0 aromatic heterocycles. The van der Waals surface area contributed by atoms with E-state index < -0.39 is 6.09 Å². The molecule has 0 unspecified atom stereocenters. The van der Waals surface area contributed by atoms with Gasteiger partial charge in [-0.15, -0.1) is 6.58 Å². The lowest BCUT2D eigenvalue weighted by atomic mass is 10.0. The Hall–Kier alpha value is -1.07. The van der Waals surface area contributed by atoms with Gasteiger partial charge in [-0.3, -0.25) is 0 Å². The number of nitrogens with two attached hydrogens (primary N) is 1. The average molecular weight is 200 g/mol. The maximum Gasteiger partial charge on any atom is 0.407 e. The topological polar surface area (TPSA) is 75.8 Å². The Bertz CT molecular complexity index is 220. The smallest absolute Gasteiger partial charge is 0.407 e. The average Bonchev–Trinajstić information content (AvgIpc) is 2.16. The molecule has 0 bridgehead atoms. The molecule has 1 fully saturated rings. The van der Waals surface area contributed by atoms with Crippen molar-refractivity contribution in [3.63, 3.8) is 0 Å². The van der Waals surface area contributed by atoms with Gasteiger partial charge in [0.15, 0.2) is 0 Å². The van der Waals surface area contributed by atoms with E-state index in [1.54, 1.807) is 6.08 Å². The van der Waals surface area contributed by atoms with E-state index in [0.717, 1.165) is 0 Å². The van der Waals surface area contributed by atoms with E-state index in [0.29, 0.717) is 26.1 Å². The van der Waals surface area contributed by atoms with Gasteiger partial charge in [0.1, 0.15) is 0 Å². The Labute approximate surface area is 83.1 Å². The molecule has 1 aliphatic heterocycles. The molecule has 1 rings (SSSR count). The first kappa shape index (κ1) is 11.0. The molecule has 0 radical (unpaired) electrons. The summed E-state index contributed by atoms with van der Waals surface area (Å²) < 4.78 is 5.38. The van der Waals surface area contributed by atoms with Crippen LogP contribution in [0.3, 0.4) is 0 Å². The minimum absolute atomic E-state index is 0.0782. The Morgan fingerprint density at radius 1 is 1.79 bits per heavy atom. The largest absolute Gasteiger partial charge is 0.465 e. The number of nitrogens with zero attached hydrogens (tertiary/aromatic N) is 1. The lowest BCUT2D eigenvalue weighted by molar-refractivity contribution is 0.00374. The molecule has 0 aliphatic carbocycles.